The van der Waals surface area contributed by atoms with Crippen LogP contribution in [0.1, 0.15) is 80.4 Å². The lowest BCUT2D eigenvalue weighted by molar-refractivity contribution is 0.0691. The molecular formula is C19H30O4. The summed E-state index contributed by atoms with van der Waals surface area (Å²) >= 11 is 0. The third-order valence-electron chi connectivity index (χ3n) is 4.20. The van der Waals surface area contributed by atoms with Gasteiger partial charge in [0.1, 0.15) is 5.56 Å². The van der Waals surface area contributed by atoms with E-state index in [0.717, 1.165) is 55.2 Å². The molecule has 0 radical (unpaired) electrons. The second kappa shape index (κ2) is 9.43. The van der Waals surface area contributed by atoms with Crippen molar-refractivity contribution < 1.29 is 19.7 Å². The van der Waals surface area contributed by atoms with Gasteiger partial charge >= 0.3 is 5.97 Å². The Labute approximate surface area is 139 Å². The molecule has 0 atom stereocenters. The number of aromatic hydroxyl groups is 1. The lowest BCUT2D eigenvalue weighted by atomic mass is 9.88. The van der Waals surface area contributed by atoms with Crippen molar-refractivity contribution >= 4 is 5.97 Å². The quantitative estimate of drug-likeness (QED) is 0.611. The number of carbonyl (C=O) groups is 1. The van der Waals surface area contributed by atoms with Crippen LogP contribution < -0.4 is 4.74 Å². The van der Waals surface area contributed by atoms with Crippen LogP contribution in [0.2, 0.25) is 0 Å². The van der Waals surface area contributed by atoms with Gasteiger partial charge in [-0.2, -0.15) is 0 Å². The van der Waals surface area contributed by atoms with Crippen LogP contribution in [-0.4, -0.2) is 22.8 Å². The number of phenols is 1. The van der Waals surface area contributed by atoms with E-state index >= 15 is 0 Å². The molecule has 1 rings (SSSR count). The zero-order valence-corrected chi connectivity index (χ0v) is 14.9. The minimum Gasteiger partial charge on any atom is -0.504 e. The van der Waals surface area contributed by atoms with Crippen molar-refractivity contribution in [2.45, 2.75) is 72.6 Å². The Balaban J connectivity index is 3.53. The van der Waals surface area contributed by atoms with Gasteiger partial charge in [-0.15, -0.1) is 0 Å². The zero-order valence-electron chi connectivity index (χ0n) is 14.9. The van der Waals surface area contributed by atoms with Gasteiger partial charge in [-0.1, -0.05) is 40.5 Å². The highest BCUT2D eigenvalue weighted by molar-refractivity contribution is 5.94. The van der Waals surface area contributed by atoms with Crippen LogP contribution in [0, 0.1) is 0 Å². The molecule has 4 heteroatoms. The van der Waals surface area contributed by atoms with E-state index in [1.807, 2.05) is 13.8 Å². The summed E-state index contributed by atoms with van der Waals surface area (Å²) < 4.78 is 5.82. The standard InChI is InChI=1S/C19H30O4/c1-5-9-11-15-13(7-3)14(8-4)16(19(21)22)17(20)18(15)23-12-10-6-2/h20H,5-12H2,1-4H3,(H,21,22). The first kappa shape index (κ1) is 19.3. The summed E-state index contributed by atoms with van der Waals surface area (Å²) in [6.07, 6.45) is 6.05. The predicted octanol–water partition coefficient (Wildman–Crippen LogP) is 4.74. The third kappa shape index (κ3) is 4.40. The Morgan fingerprint density at radius 1 is 0.957 bits per heavy atom. The molecule has 0 aliphatic carbocycles. The van der Waals surface area contributed by atoms with Gasteiger partial charge in [0.2, 0.25) is 0 Å². The minimum atomic E-state index is -1.09. The predicted molar refractivity (Wildman–Crippen MR) is 92.8 cm³/mol. The summed E-state index contributed by atoms with van der Waals surface area (Å²) in [5.74, 6) is -0.900. The summed E-state index contributed by atoms with van der Waals surface area (Å²) in [6, 6.07) is 0. The monoisotopic (exact) mass is 322 g/mol. The Kier molecular flexibility index (Phi) is 7.93. The number of hydrogen-bond acceptors (Lipinski definition) is 3. The average Bonchev–Trinajstić information content (AvgIpc) is 2.53. The number of carboxylic acids is 1. The maximum absolute atomic E-state index is 11.7. The van der Waals surface area contributed by atoms with Crippen molar-refractivity contribution in [1.29, 1.82) is 0 Å². The molecule has 0 spiro atoms. The van der Waals surface area contributed by atoms with E-state index < -0.39 is 5.97 Å². The van der Waals surface area contributed by atoms with Gasteiger partial charge in [0, 0.05) is 5.56 Å². The Morgan fingerprint density at radius 3 is 2.04 bits per heavy atom. The highest BCUT2D eigenvalue weighted by Crippen LogP contribution is 2.41. The van der Waals surface area contributed by atoms with E-state index in [4.69, 9.17) is 4.74 Å². The molecule has 0 saturated carbocycles. The highest BCUT2D eigenvalue weighted by atomic mass is 16.5. The number of hydrogen-bond donors (Lipinski definition) is 2. The molecule has 0 unspecified atom stereocenters. The molecule has 2 N–H and O–H groups in total. The molecule has 1 aromatic rings. The number of rotatable bonds is 10. The molecule has 0 bridgehead atoms. The fourth-order valence-corrected chi connectivity index (χ4v) is 3.01. The molecular weight excluding hydrogens is 292 g/mol. The first-order valence-electron chi connectivity index (χ1n) is 8.78. The second-order valence-corrected chi connectivity index (χ2v) is 5.81. The summed E-state index contributed by atoms with van der Waals surface area (Å²) in [5, 5.41) is 20.1. The molecule has 0 aromatic heterocycles. The van der Waals surface area contributed by atoms with Gasteiger partial charge in [0.05, 0.1) is 6.61 Å². The molecule has 0 aliphatic heterocycles. The van der Waals surface area contributed by atoms with Crippen molar-refractivity contribution in [1.82, 2.24) is 0 Å². The van der Waals surface area contributed by atoms with Gasteiger partial charge in [0.15, 0.2) is 11.5 Å². The SMILES string of the molecule is CCCCOc1c(O)c(C(=O)O)c(CC)c(CC)c1CCCC. The van der Waals surface area contributed by atoms with Crippen molar-refractivity contribution in [2.75, 3.05) is 6.61 Å². The van der Waals surface area contributed by atoms with Crippen LogP contribution in [-0.2, 0) is 19.3 Å². The first-order chi connectivity index (χ1) is 11.0. The Bertz CT molecular complexity index is 535. The lowest BCUT2D eigenvalue weighted by Crippen LogP contribution is -2.12. The van der Waals surface area contributed by atoms with Crippen LogP contribution in [0.15, 0.2) is 0 Å². The van der Waals surface area contributed by atoms with Crippen LogP contribution in [0.25, 0.3) is 0 Å². The van der Waals surface area contributed by atoms with Crippen LogP contribution in [0.3, 0.4) is 0 Å². The number of unbranched alkanes of at least 4 members (excludes halogenated alkanes) is 2. The smallest absolute Gasteiger partial charge is 0.339 e. The van der Waals surface area contributed by atoms with Gasteiger partial charge < -0.3 is 14.9 Å². The largest absolute Gasteiger partial charge is 0.504 e. The average molecular weight is 322 g/mol. The second-order valence-electron chi connectivity index (χ2n) is 5.81. The molecule has 0 heterocycles. The van der Waals surface area contributed by atoms with Crippen molar-refractivity contribution in [2.24, 2.45) is 0 Å². The van der Waals surface area contributed by atoms with E-state index in [2.05, 4.69) is 13.8 Å². The Hall–Kier alpha value is -1.71. The minimum absolute atomic E-state index is 0.0103. The number of benzene rings is 1. The maximum Gasteiger partial charge on any atom is 0.339 e. The van der Waals surface area contributed by atoms with Gasteiger partial charge in [0.25, 0.3) is 0 Å². The molecule has 0 fully saturated rings. The molecule has 1 aromatic carbocycles. The summed E-state index contributed by atoms with van der Waals surface area (Å²) in [6.45, 7) is 8.65. The summed E-state index contributed by atoms with van der Waals surface area (Å²) in [7, 11) is 0. The first-order valence-corrected chi connectivity index (χ1v) is 8.78. The highest BCUT2D eigenvalue weighted by Gasteiger charge is 2.26. The van der Waals surface area contributed by atoms with E-state index in [1.54, 1.807) is 0 Å². The fourth-order valence-electron chi connectivity index (χ4n) is 3.01. The normalized spacial score (nSPS) is 10.8. The van der Waals surface area contributed by atoms with E-state index in [-0.39, 0.29) is 11.3 Å². The maximum atomic E-state index is 11.7. The fraction of sp³-hybridized carbons (Fsp3) is 0.632. The van der Waals surface area contributed by atoms with Crippen molar-refractivity contribution in [3.05, 3.63) is 22.3 Å². The molecule has 0 saturated heterocycles. The molecule has 130 valence electrons. The van der Waals surface area contributed by atoms with Gasteiger partial charge in [-0.3, -0.25) is 0 Å². The molecule has 4 nitrogen and oxygen atoms in total. The lowest BCUT2D eigenvalue weighted by Gasteiger charge is -2.22. The van der Waals surface area contributed by atoms with Gasteiger partial charge in [-0.05, 0) is 43.2 Å². The van der Waals surface area contributed by atoms with Crippen LogP contribution in [0.5, 0.6) is 11.5 Å². The summed E-state index contributed by atoms with van der Waals surface area (Å²) in [5.41, 5.74) is 2.77. The van der Waals surface area contributed by atoms with E-state index in [9.17, 15) is 15.0 Å². The summed E-state index contributed by atoms with van der Waals surface area (Å²) in [4.78, 5) is 11.7. The van der Waals surface area contributed by atoms with E-state index in [0.29, 0.717) is 18.8 Å². The topological polar surface area (TPSA) is 66.8 Å². The van der Waals surface area contributed by atoms with Crippen LogP contribution >= 0.6 is 0 Å². The Morgan fingerprint density at radius 2 is 1.57 bits per heavy atom. The molecule has 0 amide bonds. The molecule has 23 heavy (non-hydrogen) atoms. The number of ether oxygens (including phenoxy) is 1. The van der Waals surface area contributed by atoms with Gasteiger partial charge in [-0.25, -0.2) is 4.79 Å². The molecule has 0 aliphatic rings. The van der Waals surface area contributed by atoms with Crippen molar-refractivity contribution in [3.63, 3.8) is 0 Å². The zero-order chi connectivity index (χ0) is 17.4. The van der Waals surface area contributed by atoms with Crippen molar-refractivity contribution in [3.8, 4) is 11.5 Å². The van der Waals surface area contributed by atoms with Crippen LogP contribution in [0.4, 0.5) is 0 Å². The third-order valence-corrected chi connectivity index (χ3v) is 4.20. The number of aromatic carboxylic acids is 1. The van der Waals surface area contributed by atoms with E-state index in [1.165, 1.54) is 0 Å². The number of carboxylic acid groups (broad SMARTS) is 1.